The number of fused-ring (bicyclic) bond motifs is 1. The van der Waals surface area contributed by atoms with Gasteiger partial charge in [0.05, 0.1) is 6.10 Å². The number of aromatic nitrogens is 1. The van der Waals surface area contributed by atoms with Crippen molar-refractivity contribution in [2.45, 2.75) is 50.9 Å². The second-order valence-electron chi connectivity index (χ2n) is 7.85. The topological polar surface area (TPSA) is 65.5 Å². The molecule has 0 spiro atoms. The number of hydrogen-bond acceptors (Lipinski definition) is 4. The number of benzene rings is 1. The van der Waals surface area contributed by atoms with E-state index in [0.29, 0.717) is 12.3 Å². The Labute approximate surface area is 160 Å². The lowest BCUT2D eigenvalue weighted by atomic mass is 9.75. The van der Waals surface area contributed by atoms with Crippen LogP contribution in [0.5, 0.6) is 0 Å². The van der Waals surface area contributed by atoms with Gasteiger partial charge in [-0.3, -0.25) is 14.7 Å². The molecule has 1 aliphatic heterocycles. The van der Waals surface area contributed by atoms with Crippen LogP contribution >= 0.6 is 0 Å². The van der Waals surface area contributed by atoms with Gasteiger partial charge in [-0.1, -0.05) is 24.3 Å². The number of rotatable bonds is 7. The van der Waals surface area contributed by atoms with Crippen LogP contribution in [0.25, 0.3) is 0 Å². The Morgan fingerprint density at radius 3 is 2.44 bits per heavy atom. The maximum absolute atomic E-state index is 12.6. The number of amides is 1. The molecule has 2 aliphatic rings. The van der Waals surface area contributed by atoms with Crippen LogP contribution in [-0.4, -0.2) is 39.6 Å². The van der Waals surface area contributed by atoms with E-state index in [-0.39, 0.29) is 18.1 Å². The molecule has 0 saturated heterocycles. The fourth-order valence-corrected chi connectivity index (χ4v) is 4.17. The van der Waals surface area contributed by atoms with E-state index in [4.69, 9.17) is 0 Å². The second kappa shape index (κ2) is 8.19. The molecule has 0 radical (unpaired) electrons. The van der Waals surface area contributed by atoms with Crippen LogP contribution in [0.4, 0.5) is 0 Å². The van der Waals surface area contributed by atoms with Crippen LogP contribution in [0.1, 0.15) is 36.0 Å². The zero-order valence-electron chi connectivity index (χ0n) is 15.6. The SMILES string of the molecule is O=C(CCN1Cc2ccccc2C1)N[C@@H](Cc1ccncc1)C1CC(O)C1. The third kappa shape index (κ3) is 4.54. The summed E-state index contributed by atoms with van der Waals surface area (Å²) in [6, 6.07) is 12.6. The summed E-state index contributed by atoms with van der Waals surface area (Å²) in [5.41, 5.74) is 3.92. The van der Waals surface area contributed by atoms with Crippen LogP contribution in [0.2, 0.25) is 0 Å². The van der Waals surface area contributed by atoms with Crippen molar-refractivity contribution >= 4 is 5.91 Å². The molecular formula is C22H27N3O2. The van der Waals surface area contributed by atoms with Crippen molar-refractivity contribution in [1.29, 1.82) is 0 Å². The first-order valence-corrected chi connectivity index (χ1v) is 9.83. The van der Waals surface area contributed by atoms with Crippen LogP contribution in [-0.2, 0) is 24.3 Å². The average Bonchev–Trinajstić information content (AvgIpc) is 3.07. The van der Waals surface area contributed by atoms with Gasteiger partial charge in [-0.15, -0.1) is 0 Å². The Hall–Kier alpha value is -2.24. The predicted molar refractivity (Wildman–Crippen MR) is 104 cm³/mol. The molecule has 0 unspecified atom stereocenters. The van der Waals surface area contributed by atoms with Crippen molar-refractivity contribution in [2.24, 2.45) is 5.92 Å². The summed E-state index contributed by atoms with van der Waals surface area (Å²) in [7, 11) is 0. The number of carbonyl (C=O) groups excluding carboxylic acids is 1. The normalized spacial score (nSPS) is 22.7. The lowest BCUT2D eigenvalue weighted by Gasteiger charge is -2.38. The van der Waals surface area contributed by atoms with Crippen LogP contribution in [0.3, 0.4) is 0 Å². The molecule has 1 amide bonds. The van der Waals surface area contributed by atoms with Crippen molar-refractivity contribution < 1.29 is 9.90 Å². The van der Waals surface area contributed by atoms with Crippen molar-refractivity contribution in [3.8, 4) is 0 Å². The standard InChI is InChI=1S/C22H27N3O2/c26-20-12-19(13-20)21(11-16-5-8-23-9-6-16)24-22(27)7-10-25-14-17-3-1-2-4-18(17)15-25/h1-6,8-9,19-21,26H,7,10-15H2,(H,24,27)/t19?,20?,21-/m0/s1. The molecule has 142 valence electrons. The third-order valence-corrected chi connectivity index (χ3v) is 5.83. The van der Waals surface area contributed by atoms with Crippen molar-refractivity contribution in [3.63, 3.8) is 0 Å². The largest absolute Gasteiger partial charge is 0.393 e. The summed E-state index contributed by atoms with van der Waals surface area (Å²) < 4.78 is 0. The third-order valence-electron chi connectivity index (χ3n) is 5.83. The number of nitrogens with one attached hydrogen (secondary N) is 1. The van der Waals surface area contributed by atoms with Gasteiger partial charge in [-0.05, 0) is 54.0 Å². The predicted octanol–water partition coefficient (Wildman–Crippen LogP) is 2.29. The van der Waals surface area contributed by atoms with E-state index < -0.39 is 0 Å². The van der Waals surface area contributed by atoms with E-state index in [2.05, 4.69) is 39.5 Å². The lowest BCUT2D eigenvalue weighted by molar-refractivity contribution is -0.123. The van der Waals surface area contributed by atoms with Crippen molar-refractivity contribution in [2.75, 3.05) is 6.54 Å². The highest BCUT2D eigenvalue weighted by Gasteiger charge is 2.34. The van der Waals surface area contributed by atoms with Crippen molar-refractivity contribution in [3.05, 3.63) is 65.5 Å². The molecule has 1 fully saturated rings. The summed E-state index contributed by atoms with van der Waals surface area (Å²) in [6.45, 7) is 2.63. The van der Waals surface area contributed by atoms with Crippen LogP contribution in [0, 0.1) is 5.92 Å². The van der Waals surface area contributed by atoms with Gasteiger partial charge in [0.15, 0.2) is 0 Å². The Morgan fingerprint density at radius 1 is 1.15 bits per heavy atom. The minimum Gasteiger partial charge on any atom is -0.393 e. The van der Waals surface area contributed by atoms with Gasteiger partial charge < -0.3 is 10.4 Å². The molecule has 1 atom stereocenters. The average molecular weight is 365 g/mol. The summed E-state index contributed by atoms with van der Waals surface area (Å²) in [6.07, 6.45) is 6.21. The maximum Gasteiger partial charge on any atom is 0.221 e. The minimum atomic E-state index is -0.213. The number of aliphatic hydroxyl groups excluding tert-OH is 1. The number of pyridine rings is 1. The van der Waals surface area contributed by atoms with Gasteiger partial charge in [-0.2, -0.15) is 0 Å². The Morgan fingerprint density at radius 2 is 1.81 bits per heavy atom. The fourth-order valence-electron chi connectivity index (χ4n) is 4.17. The van der Waals surface area contributed by atoms with Gasteiger partial charge in [0.2, 0.25) is 5.91 Å². The maximum atomic E-state index is 12.6. The van der Waals surface area contributed by atoms with E-state index in [9.17, 15) is 9.90 Å². The molecule has 4 rings (SSSR count). The molecule has 5 heteroatoms. The van der Waals surface area contributed by atoms with Gasteiger partial charge in [0.25, 0.3) is 0 Å². The molecule has 27 heavy (non-hydrogen) atoms. The van der Waals surface area contributed by atoms with Gasteiger partial charge in [0.1, 0.15) is 0 Å². The first kappa shape index (κ1) is 18.1. The quantitative estimate of drug-likeness (QED) is 0.790. The molecule has 0 bridgehead atoms. The summed E-state index contributed by atoms with van der Waals surface area (Å²) in [5, 5.41) is 12.9. The molecule has 5 nitrogen and oxygen atoms in total. The van der Waals surface area contributed by atoms with Crippen molar-refractivity contribution in [1.82, 2.24) is 15.2 Å². The number of hydrogen-bond donors (Lipinski definition) is 2. The van der Waals surface area contributed by atoms with E-state index in [1.807, 2.05) is 12.1 Å². The molecule has 1 aromatic heterocycles. The van der Waals surface area contributed by atoms with E-state index in [0.717, 1.165) is 38.9 Å². The fraction of sp³-hybridized carbons (Fsp3) is 0.455. The Bertz CT molecular complexity index is 749. The summed E-state index contributed by atoms with van der Waals surface area (Å²) in [5.74, 6) is 0.458. The zero-order chi connectivity index (χ0) is 18.6. The highest BCUT2D eigenvalue weighted by molar-refractivity contribution is 5.76. The molecule has 1 saturated carbocycles. The van der Waals surface area contributed by atoms with Gasteiger partial charge in [0, 0.05) is 44.5 Å². The summed E-state index contributed by atoms with van der Waals surface area (Å²) >= 11 is 0. The highest BCUT2D eigenvalue weighted by Crippen LogP contribution is 2.31. The number of nitrogens with zero attached hydrogens (tertiary/aromatic N) is 2. The van der Waals surface area contributed by atoms with Gasteiger partial charge >= 0.3 is 0 Å². The molecule has 1 aromatic carbocycles. The minimum absolute atomic E-state index is 0.0825. The highest BCUT2D eigenvalue weighted by atomic mass is 16.3. The zero-order valence-corrected chi connectivity index (χ0v) is 15.6. The van der Waals surface area contributed by atoms with E-state index >= 15 is 0 Å². The number of aliphatic hydroxyl groups is 1. The number of carbonyl (C=O) groups is 1. The molecule has 1 aliphatic carbocycles. The monoisotopic (exact) mass is 365 g/mol. The summed E-state index contributed by atoms with van der Waals surface area (Å²) in [4.78, 5) is 19.0. The van der Waals surface area contributed by atoms with Gasteiger partial charge in [-0.25, -0.2) is 0 Å². The molecular weight excluding hydrogens is 338 g/mol. The Kier molecular flexibility index (Phi) is 5.50. The molecule has 2 N–H and O–H groups in total. The van der Waals surface area contributed by atoms with Crippen LogP contribution < -0.4 is 5.32 Å². The first-order valence-electron chi connectivity index (χ1n) is 9.83. The molecule has 2 aromatic rings. The van der Waals surface area contributed by atoms with E-state index in [1.54, 1.807) is 12.4 Å². The Balaban J connectivity index is 1.29. The van der Waals surface area contributed by atoms with E-state index in [1.165, 1.54) is 16.7 Å². The first-order chi connectivity index (χ1) is 13.2. The second-order valence-corrected chi connectivity index (χ2v) is 7.85. The lowest BCUT2D eigenvalue weighted by Crippen LogP contribution is -2.48. The molecule has 2 heterocycles. The van der Waals surface area contributed by atoms with Crippen LogP contribution in [0.15, 0.2) is 48.8 Å². The smallest absolute Gasteiger partial charge is 0.221 e.